The van der Waals surface area contributed by atoms with E-state index >= 15 is 0 Å². The summed E-state index contributed by atoms with van der Waals surface area (Å²) in [6, 6.07) is 8.27. The molecule has 1 saturated heterocycles. The number of hydrogen-bond donors (Lipinski definition) is 0. The molecule has 4 nitrogen and oxygen atoms in total. The van der Waals surface area contributed by atoms with Crippen molar-refractivity contribution in [2.45, 2.75) is 50.9 Å². The molecular formula is C21H30N2O2. The number of benzene rings is 1. The molecule has 1 heterocycles. The topological polar surface area (TPSA) is 40.6 Å². The first-order valence-corrected chi connectivity index (χ1v) is 9.66. The van der Waals surface area contributed by atoms with Gasteiger partial charge >= 0.3 is 0 Å². The number of rotatable bonds is 3. The van der Waals surface area contributed by atoms with Gasteiger partial charge in [0.2, 0.25) is 5.91 Å². The second-order valence-electron chi connectivity index (χ2n) is 7.76. The molecule has 136 valence electrons. The smallest absolute Gasteiger partial charge is 0.253 e. The summed E-state index contributed by atoms with van der Waals surface area (Å²) in [6.45, 7) is 1.35. The van der Waals surface area contributed by atoms with E-state index in [4.69, 9.17) is 0 Å². The second-order valence-corrected chi connectivity index (χ2v) is 7.76. The van der Waals surface area contributed by atoms with Crippen molar-refractivity contribution in [3.8, 4) is 0 Å². The minimum Gasteiger partial charge on any atom is -0.349 e. The first-order chi connectivity index (χ1) is 12.1. The van der Waals surface area contributed by atoms with Crippen LogP contribution >= 0.6 is 0 Å². The number of amides is 2. The lowest BCUT2D eigenvalue weighted by Gasteiger charge is -2.32. The minimum absolute atomic E-state index is 0.0627. The lowest BCUT2D eigenvalue weighted by atomic mass is 9.84. The predicted octanol–water partition coefficient (Wildman–Crippen LogP) is 3.67. The molecule has 1 aliphatic carbocycles. The van der Waals surface area contributed by atoms with Gasteiger partial charge in [0.1, 0.15) is 0 Å². The van der Waals surface area contributed by atoms with Crippen LogP contribution in [0.5, 0.6) is 0 Å². The fourth-order valence-electron chi connectivity index (χ4n) is 4.21. The van der Waals surface area contributed by atoms with E-state index in [9.17, 15) is 9.59 Å². The highest BCUT2D eigenvalue weighted by molar-refractivity contribution is 5.94. The van der Waals surface area contributed by atoms with E-state index < -0.39 is 0 Å². The average Bonchev–Trinajstić information content (AvgIpc) is 2.67. The lowest BCUT2D eigenvalue weighted by molar-refractivity contribution is -0.134. The molecule has 1 aliphatic heterocycles. The molecule has 0 aromatic heterocycles. The molecule has 4 heteroatoms. The highest BCUT2D eigenvalue weighted by Crippen LogP contribution is 2.32. The van der Waals surface area contributed by atoms with Crippen LogP contribution in [0.2, 0.25) is 0 Å². The maximum Gasteiger partial charge on any atom is 0.253 e. The van der Waals surface area contributed by atoms with Crippen molar-refractivity contribution in [2.75, 3.05) is 27.2 Å². The van der Waals surface area contributed by atoms with Gasteiger partial charge in [-0.1, -0.05) is 31.4 Å². The first kappa shape index (κ1) is 18.0. The Bertz CT molecular complexity index is 595. The van der Waals surface area contributed by atoms with Crippen molar-refractivity contribution in [2.24, 2.45) is 5.92 Å². The number of likely N-dealkylation sites (tertiary alicyclic amines) is 1. The zero-order valence-corrected chi connectivity index (χ0v) is 15.5. The van der Waals surface area contributed by atoms with Gasteiger partial charge in [0.05, 0.1) is 0 Å². The molecule has 1 saturated carbocycles. The van der Waals surface area contributed by atoms with Gasteiger partial charge in [0.25, 0.3) is 5.91 Å². The molecule has 1 aromatic carbocycles. The zero-order chi connectivity index (χ0) is 17.8. The number of carbonyl (C=O) groups is 2. The number of piperidine rings is 1. The van der Waals surface area contributed by atoms with Gasteiger partial charge in [-0.3, -0.25) is 9.59 Å². The van der Waals surface area contributed by atoms with Crippen molar-refractivity contribution in [3.05, 3.63) is 35.4 Å². The summed E-state index contributed by atoms with van der Waals surface area (Å²) in [5.74, 6) is 1.02. The Hall–Kier alpha value is -1.84. The largest absolute Gasteiger partial charge is 0.349 e. The molecule has 0 N–H and O–H groups in total. The molecule has 3 rings (SSSR count). The summed E-state index contributed by atoms with van der Waals surface area (Å²) in [7, 11) is 3.60. The van der Waals surface area contributed by atoms with Crippen LogP contribution in [0.25, 0.3) is 0 Å². The second kappa shape index (κ2) is 8.03. The van der Waals surface area contributed by atoms with Gasteiger partial charge < -0.3 is 9.80 Å². The van der Waals surface area contributed by atoms with Gasteiger partial charge in [-0.05, 0) is 49.3 Å². The Morgan fingerprint density at radius 3 is 2.08 bits per heavy atom. The van der Waals surface area contributed by atoms with Crippen LogP contribution < -0.4 is 0 Å². The van der Waals surface area contributed by atoms with Crippen molar-refractivity contribution in [1.82, 2.24) is 9.80 Å². The van der Waals surface area contributed by atoms with E-state index in [-0.39, 0.29) is 17.7 Å². The van der Waals surface area contributed by atoms with Gasteiger partial charge in [-0.15, -0.1) is 0 Å². The van der Waals surface area contributed by atoms with Crippen LogP contribution in [-0.4, -0.2) is 48.8 Å². The minimum atomic E-state index is 0.0627. The van der Waals surface area contributed by atoms with Crippen LogP contribution in [-0.2, 0) is 4.79 Å². The normalized spacial score (nSPS) is 19.7. The Morgan fingerprint density at radius 1 is 0.920 bits per heavy atom. The Balaban J connectivity index is 1.57. The van der Waals surface area contributed by atoms with E-state index in [1.54, 1.807) is 19.0 Å². The molecule has 2 amide bonds. The van der Waals surface area contributed by atoms with E-state index in [1.165, 1.54) is 37.7 Å². The maximum absolute atomic E-state index is 12.7. The maximum atomic E-state index is 12.7. The molecule has 2 fully saturated rings. The quantitative estimate of drug-likeness (QED) is 0.841. The molecule has 0 bridgehead atoms. The molecule has 0 atom stereocenters. The van der Waals surface area contributed by atoms with E-state index in [0.717, 1.165) is 18.4 Å². The highest BCUT2D eigenvalue weighted by atomic mass is 16.2. The Kier molecular flexibility index (Phi) is 5.77. The number of hydrogen-bond acceptors (Lipinski definition) is 2. The summed E-state index contributed by atoms with van der Waals surface area (Å²) in [5.41, 5.74) is 2.16. The third kappa shape index (κ3) is 4.23. The molecule has 2 aliphatic rings. The monoisotopic (exact) mass is 342 g/mol. The molecule has 25 heavy (non-hydrogen) atoms. The Morgan fingerprint density at radius 2 is 1.52 bits per heavy atom. The third-order valence-electron chi connectivity index (χ3n) is 5.81. The predicted molar refractivity (Wildman–Crippen MR) is 99.6 cm³/mol. The Labute approximate surface area is 151 Å². The summed E-state index contributed by atoms with van der Waals surface area (Å²) in [6.07, 6.45) is 8.10. The highest BCUT2D eigenvalue weighted by Gasteiger charge is 2.28. The molecule has 0 spiro atoms. The molecule has 1 aromatic rings. The van der Waals surface area contributed by atoms with E-state index in [2.05, 4.69) is 12.1 Å². The van der Waals surface area contributed by atoms with Crippen molar-refractivity contribution >= 4 is 11.8 Å². The van der Waals surface area contributed by atoms with Gasteiger partial charge in [0, 0.05) is 38.7 Å². The van der Waals surface area contributed by atoms with E-state index in [0.29, 0.717) is 19.0 Å². The number of nitrogens with zero attached hydrogens (tertiary/aromatic N) is 2. The summed E-state index contributed by atoms with van der Waals surface area (Å²) in [4.78, 5) is 28.3. The average molecular weight is 342 g/mol. The van der Waals surface area contributed by atoms with Crippen LogP contribution in [0.15, 0.2) is 24.3 Å². The van der Waals surface area contributed by atoms with Crippen LogP contribution in [0, 0.1) is 5.92 Å². The van der Waals surface area contributed by atoms with E-state index in [1.807, 2.05) is 17.0 Å². The fourth-order valence-corrected chi connectivity index (χ4v) is 4.21. The molecule has 0 radical (unpaired) electrons. The summed E-state index contributed by atoms with van der Waals surface area (Å²) in [5, 5.41) is 0. The zero-order valence-electron chi connectivity index (χ0n) is 15.5. The first-order valence-electron chi connectivity index (χ1n) is 9.66. The van der Waals surface area contributed by atoms with Crippen LogP contribution in [0.3, 0.4) is 0 Å². The van der Waals surface area contributed by atoms with Crippen molar-refractivity contribution < 1.29 is 9.59 Å². The van der Waals surface area contributed by atoms with Gasteiger partial charge in [-0.2, -0.15) is 0 Å². The SMILES string of the molecule is CN(C)C(=O)C1CCN(C(=O)c2ccc(C3CCCCC3)cc2)CC1. The summed E-state index contributed by atoms with van der Waals surface area (Å²) < 4.78 is 0. The molecular weight excluding hydrogens is 312 g/mol. The van der Waals surface area contributed by atoms with Crippen molar-refractivity contribution in [1.29, 1.82) is 0 Å². The summed E-state index contributed by atoms with van der Waals surface area (Å²) >= 11 is 0. The standard InChI is InChI=1S/C21H30N2O2/c1-22(2)20(24)19-12-14-23(15-13-19)21(25)18-10-8-17(9-11-18)16-6-4-3-5-7-16/h8-11,16,19H,3-7,12-15H2,1-2H3. The van der Waals surface area contributed by atoms with Gasteiger partial charge in [-0.25, -0.2) is 0 Å². The van der Waals surface area contributed by atoms with Crippen LogP contribution in [0.4, 0.5) is 0 Å². The van der Waals surface area contributed by atoms with Crippen molar-refractivity contribution in [3.63, 3.8) is 0 Å². The van der Waals surface area contributed by atoms with Crippen LogP contribution in [0.1, 0.15) is 66.8 Å². The molecule has 0 unspecified atom stereocenters. The van der Waals surface area contributed by atoms with Gasteiger partial charge in [0.15, 0.2) is 0 Å². The number of carbonyl (C=O) groups excluding carboxylic acids is 2. The fraction of sp³-hybridized carbons (Fsp3) is 0.619. The third-order valence-corrected chi connectivity index (χ3v) is 5.81. The lowest BCUT2D eigenvalue weighted by Crippen LogP contribution is -2.42.